The fourth-order valence-electron chi connectivity index (χ4n) is 1.90. The van der Waals surface area contributed by atoms with Gasteiger partial charge < -0.3 is 0 Å². The van der Waals surface area contributed by atoms with Crippen molar-refractivity contribution in [2.24, 2.45) is 0 Å². The smallest absolute Gasteiger partial charge is 0.261 e. The number of rotatable bonds is 5. The average molecular weight is 372 g/mol. The second kappa shape index (κ2) is 6.58. The lowest BCUT2D eigenvalue weighted by molar-refractivity contribution is 0.601. The third-order valence-corrected chi connectivity index (χ3v) is 4.95. The average Bonchev–Trinajstić information content (AvgIpc) is 2.44. The number of halogens is 2. The van der Waals surface area contributed by atoms with E-state index in [-0.39, 0.29) is 9.37 Å². The third-order valence-electron chi connectivity index (χ3n) is 2.94. The predicted molar refractivity (Wildman–Crippen MR) is 85.3 cm³/mol. The first-order chi connectivity index (χ1) is 9.92. The van der Waals surface area contributed by atoms with Crippen molar-refractivity contribution in [3.63, 3.8) is 0 Å². The molecule has 0 aliphatic heterocycles. The van der Waals surface area contributed by atoms with Gasteiger partial charge in [-0.3, -0.25) is 4.72 Å². The van der Waals surface area contributed by atoms with Gasteiger partial charge in [-0.25, -0.2) is 12.8 Å². The van der Waals surface area contributed by atoms with Crippen LogP contribution in [-0.4, -0.2) is 8.42 Å². The first-order valence-electron chi connectivity index (χ1n) is 6.49. The molecule has 2 aromatic carbocycles. The highest BCUT2D eigenvalue weighted by Crippen LogP contribution is 2.22. The second-order valence-electron chi connectivity index (χ2n) is 4.63. The van der Waals surface area contributed by atoms with Gasteiger partial charge in [0.25, 0.3) is 10.0 Å². The van der Waals surface area contributed by atoms with E-state index < -0.39 is 15.8 Å². The van der Waals surface area contributed by atoms with Gasteiger partial charge in [0.1, 0.15) is 5.82 Å². The monoisotopic (exact) mass is 371 g/mol. The molecule has 6 heteroatoms. The van der Waals surface area contributed by atoms with Crippen LogP contribution in [-0.2, 0) is 16.4 Å². The molecule has 0 radical (unpaired) electrons. The van der Waals surface area contributed by atoms with Crippen LogP contribution in [0.1, 0.15) is 18.9 Å². The Kier molecular flexibility index (Phi) is 5.00. The maximum atomic E-state index is 13.1. The second-order valence-corrected chi connectivity index (χ2v) is 7.17. The molecule has 0 saturated heterocycles. The molecule has 0 bridgehead atoms. The Morgan fingerprint density at radius 1 is 1.14 bits per heavy atom. The summed E-state index contributed by atoms with van der Waals surface area (Å²) in [5.41, 5.74) is 1.40. The van der Waals surface area contributed by atoms with Gasteiger partial charge in [0.05, 0.1) is 15.1 Å². The fraction of sp³-hybridized carbons (Fsp3) is 0.200. The van der Waals surface area contributed by atoms with Gasteiger partial charge in [-0.05, 0) is 58.2 Å². The number of hydrogen-bond donors (Lipinski definition) is 1. The minimum Gasteiger partial charge on any atom is -0.280 e. The Labute approximate surface area is 132 Å². The molecular weight excluding hydrogens is 357 g/mol. The van der Waals surface area contributed by atoms with Gasteiger partial charge in [0.2, 0.25) is 0 Å². The molecule has 0 saturated carbocycles. The van der Waals surface area contributed by atoms with Gasteiger partial charge in [0, 0.05) is 0 Å². The van der Waals surface area contributed by atoms with Crippen molar-refractivity contribution in [1.29, 1.82) is 0 Å². The van der Waals surface area contributed by atoms with E-state index in [1.807, 2.05) is 0 Å². The Hall–Kier alpha value is -1.40. The molecular formula is C15H15BrFNO2S. The highest BCUT2D eigenvalue weighted by atomic mass is 79.9. The first-order valence-corrected chi connectivity index (χ1v) is 8.77. The summed E-state index contributed by atoms with van der Waals surface area (Å²) < 4.78 is 40.3. The molecule has 0 aliphatic rings. The fourth-order valence-corrected chi connectivity index (χ4v) is 3.33. The number of sulfonamides is 1. The van der Waals surface area contributed by atoms with Crippen LogP contribution in [0.5, 0.6) is 0 Å². The van der Waals surface area contributed by atoms with E-state index in [9.17, 15) is 12.8 Å². The topological polar surface area (TPSA) is 46.2 Å². The normalized spacial score (nSPS) is 11.4. The van der Waals surface area contributed by atoms with Gasteiger partial charge in [0.15, 0.2) is 0 Å². The lowest BCUT2D eigenvalue weighted by Gasteiger charge is -2.09. The van der Waals surface area contributed by atoms with Crippen molar-refractivity contribution < 1.29 is 12.8 Å². The van der Waals surface area contributed by atoms with E-state index in [1.54, 1.807) is 24.3 Å². The Morgan fingerprint density at radius 2 is 1.81 bits per heavy atom. The predicted octanol–water partition coefficient (Wildman–Crippen LogP) is 4.34. The van der Waals surface area contributed by atoms with Crippen LogP contribution in [0, 0.1) is 5.82 Å². The molecule has 0 amide bonds. The zero-order valence-electron chi connectivity index (χ0n) is 11.4. The van der Waals surface area contributed by atoms with E-state index in [0.717, 1.165) is 18.4 Å². The quantitative estimate of drug-likeness (QED) is 0.849. The molecule has 0 spiro atoms. The molecule has 3 nitrogen and oxygen atoms in total. The number of benzene rings is 2. The van der Waals surface area contributed by atoms with Gasteiger partial charge in [-0.2, -0.15) is 0 Å². The molecule has 2 aromatic rings. The van der Waals surface area contributed by atoms with Crippen molar-refractivity contribution in [1.82, 2.24) is 0 Å². The van der Waals surface area contributed by atoms with Crippen molar-refractivity contribution in [2.75, 3.05) is 4.72 Å². The highest BCUT2D eigenvalue weighted by Gasteiger charge is 2.14. The summed E-state index contributed by atoms with van der Waals surface area (Å²) in [4.78, 5) is 0.183. The molecule has 0 heterocycles. The van der Waals surface area contributed by atoms with Crippen molar-refractivity contribution >= 4 is 31.6 Å². The van der Waals surface area contributed by atoms with E-state index in [1.165, 1.54) is 18.2 Å². The summed E-state index contributed by atoms with van der Waals surface area (Å²) in [7, 11) is -3.67. The Bertz CT molecular complexity index is 730. The largest absolute Gasteiger partial charge is 0.280 e. The molecule has 0 aromatic heterocycles. The van der Waals surface area contributed by atoms with Crippen LogP contribution >= 0.6 is 15.9 Å². The molecule has 2 rings (SSSR count). The van der Waals surface area contributed by atoms with Gasteiger partial charge in [-0.15, -0.1) is 0 Å². The van der Waals surface area contributed by atoms with E-state index >= 15 is 0 Å². The first kappa shape index (κ1) is 16.0. The summed E-state index contributed by atoms with van der Waals surface area (Å²) in [6, 6.07) is 10.7. The highest BCUT2D eigenvalue weighted by molar-refractivity contribution is 9.10. The maximum absolute atomic E-state index is 13.1. The third kappa shape index (κ3) is 4.04. The summed E-state index contributed by atoms with van der Waals surface area (Å²) in [6.45, 7) is 2.07. The summed E-state index contributed by atoms with van der Waals surface area (Å²) in [5, 5.41) is 0. The molecule has 0 unspecified atom stereocenters. The Balaban J connectivity index is 2.23. The van der Waals surface area contributed by atoms with Crippen LogP contribution < -0.4 is 4.72 Å². The Morgan fingerprint density at radius 3 is 2.38 bits per heavy atom. The van der Waals surface area contributed by atoms with E-state index in [4.69, 9.17) is 0 Å². The summed E-state index contributed by atoms with van der Waals surface area (Å²) in [6.07, 6.45) is 1.92. The van der Waals surface area contributed by atoms with Crippen molar-refractivity contribution in [2.45, 2.75) is 24.7 Å². The van der Waals surface area contributed by atoms with Gasteiger partial charge in [-0.1, -0.05) is 25.5 Å². The zero-order chi connectivity index (χ0) is 15.5. The van der Waals surface area contributed by atoms with Crippen LogP contribution in [0.4, 0.5) is 10.1 Å². The summed E-state index contributed by atoms with van der Waals surface area (Å²) >= 11 is 3.03. The molecule has 0 aliphatic carbocycles. The SMILES string of the molecule is CCCc1ccc(S(=O)(=O)Nc2ccc(F)c(Br)c2)cc1. The molecule has 21 heavy (non-hydrogen) atoms. The van der Waals surface area contributed by atoms with Crippen molar-refractivity contribution in [3.8, 4) is 0 Å². The molecule has 112 valence electrons. The minimum atomic E-state index is -3.67. The van der Waals surface area contributed by atoms with E-state index in [2.05, 4.69) is 27.6 Å². The summed E-state index contributed by atoms with van der Waals surface area (Å²) in [5.74, 6) is -0.443. The standard InChI is InChI=1S/C15H15BrFNO2S/c1-2-3-11-4-7-13(8-5-11)21(19,20)18-12-6-9-15(17)14(16)10-12/h4-10,18H,2-3H2,1H3. The number of anilines is 1. The number of nitrogens with one attached hydrogen (secondary N) is 1. The van der Waals surface area contributed by atoms with E-state index in [0.29, 0.717) is 5.69 Å². The van der Waals surface area contributed by atoms with Crippen LogP contribution in [0.2, 0.25) is 0 Å². The minimum absolute atomic E-state index is 0.183. The number of hydrogen-bond acceptors (Lipinski definition) is 2. The van der Waals surface area contributed by atoms with Crippen LogP contribution in [0.15, 0.2) is 51.8 Å². The lowest BCUT2D eigenvalue weighted by atomic mass is 10.1. The van der Waals surface area contributed by atoms with Crippen LogP contribution in [0.25, 0.3) is 0 Å². The van der Waals surface area contributed by atoms with Gasteiger partial charge >= 0.3 is 0 Å². The molecule has 0 fully saturated rings. The molecule has 0 atom stereocenters. The number of aryl methyl sites for hydroxylation is 1. The van der Waals surface area contributed by atoms with Crippen molar-refractivity contribution in [3.05, 3.63) is 58.3 Å². The van der Waals surface area contributed by atoms with Crippen LogP contribution in [0.3, 0.4) is 0 Å². The zero-order valence-corrected chi connectivity index (χ0v) is 13.8. The maximum Gasteiger partial charge on any atom is 0.261 e. The lowest BCUT2D eigenvalue weighted by Crippen LogP contribution is -2.13. The molecule has 1 N–H and O–H groups in total.